The van der Waals surface area contributed by atoms with E-state index < -0.39 is 12.8 Å². The molecule has 30 heavy (non-hydrogen) atoms. The van der Waals surface area contributed by atoms with E-state index in [1.165, 1.54) is 6.20 Å². The summed E-state index contributed by atoms with van der Waals surface area (Å²) in [6.07, 6.45) is -2.98. The molecule has 0 aliphatic carbocycles. The van der Waals surface area contributed by atoms with Gasteiger partial charge in [0.15, 0.2) is 12.6 Å². The Hall–Kier alpha value is -2.07. The second-order valence-electron chi connectivity index (χ2n) is 7.59. The lowest BCUT2D eigenvalue weighted by Crippen LogP contribution is -2.50. The van der Waals surface area contributed by atoms with E-state index in [1.54, 1.807) is 12.1 Å². The number of alkyl halides is 3. The molecule has 1 aromatic rings. The van der Waals surface area contributed by atoms with Gasteiger partial charge in [0.1, 0.15) is 0 Å². The summed E-state index contributed by atoms with van der Waals surface area (Å²) >= 11 is 0. The maximum Gasteiger partial charge on any atom is 0.422 e. The molecule has 0 saturated carbocycles. The third-order valence-electron chi connectivity index (χ3n) is 4.32. The fourth-order valence-corrected chi connectivity index (χ4v) is 3.13. The molecule has 0 amide bonds. The number of guanidine groups is 1. The average Bonchev–Trinajstić information content (AvgIpc) is 2.68. The zero-order valence-electron chi connectivity index (χ0n) is 17.8. The number of hydrogen-bond acceptors (Lipinski definition) is 5. The number of nitrogens with zero attached hydrogens (tertiary/aromatic N) is 3. The van der Waals surface area contributed by atoms with E-state index in [0.717, 1.165) is 19.6 Å². The number of aromatic nitrogens is 1. The molecule has 0 spiro atoms. The number of halogens is 3. The Labute approximate surface area is 176 Å². The number of morpholine rings is 1. The average molecular weight is 432 g/mol. The van der Waals surface area contributed by atoms with Crippen molar-refractivity contribution in [1.82, 2.24) is 20.5 Å². The molecule has 1 atom stereocenters. The van der Waals surface area contributed by atoms with Crippen LogP contribution in [-0.4, -0.2) is 74.1 Å². The molecule has 1 aromatic heterocycles. The first-order valence-corrected chi connectivity index (χ1v) is 10.3. The lowest BCUT2D eigenvalue weighted by atomic mass is 10.2. The summed E-state index contributed by atoms with van der Waals surface area (Å²) in [5.41, 5.74) is 0.482. The van der Waals surface area contributed by atoms with Crippen LogP contribution in [0.5, 0.6) is 5.88 Å². The highest BCUT2D eigenvalue weighted by Crippen LogP contribution is 2.20. The Morgan fingerprint density at radius 2 is 2.20 bits per heavy atom. The highest BCUT2D eigenvalue weighted by molar-refractivity contribution is 5.79. The molecule has 7 nitrogen and oxygen atoms in total. The standard InChI is InChI=1S/C20H32F3N5O2/c1-4-24-19(27-11-17-13-28(8-9-29-17)12-15(2)3)26-10-16-6-5-7-25-18(16)30-14-20(21,22)23/h5-7,15,17H,4,8-14H2,1-3H3,(H2,24,26,27). The second kappa shape index (κ2) is 11.9. The monoisotopic (exact) mass is 431 g/mol. The van der Waals surface area contributed by atoms with Gasteiger partial charge in [-0.15, -0.1) is 0 Å². The molecule has 1 unspecified atom stereocenters. The largest absolute Gasteiger partial charge is 0.468 e. The maximum absolute atomic E-state index is 12.4. The van der Waals surface area contributed by atoms with Crippen LogP contribution in [0.3, 0.4) is 0 Å². The highest BCUT2D eigenvalue weighted by atomic mass is 19.4. The zero-order valence-corrected chi connectivity index (χ0v) is 17.8. The first-order chi connectivity index (χ1) is 14.3. The van der Waals surface area contributed by atoms with Crippen molar-refractivity contribution in [2.75, 3.05) is 45.9 Å². The summed E-state index contributed by atoms with van der Waals surface area (Å²) < 4.78 is 48.0. The number of ether oxygens (including phenoxy) is 2. The van der Waals surface area contributed by atoms with Crippen molar-refractivity contribution < 1.29 is 22.6 Å². The number of hydrogen-bond donors (Lipinski definition) is 2. The number of rotatable bonds is 9. The van der Waals surface area contributed by atoms with Gasteiger partial charge in [0, 0.05) is 44.5 Å². The number of pyridine rings is 1. The van der Waals surface area contributed by atoms with Crippen LogP contribution in [0, 0.1) is 5.92 Å². The fraction of sp³-hybridized carbons (Fsp3) is 0.700. The van der Waals surface area contributed by atoms with Gasteiger partial charge in [0.25, 0.3) is 0 Å². The number of nitrogens with one attached hydrogen (secondary N) is 2. The summed E-state index contributed by atoms with van der Waals surface area (Å²) in [4.78, 5) is 10.8. The van der Waals surface area contributed by atoms with Crippen LogP contribution in [0.2, 0.25) is 0 Å². The van der Waals surface area contributed by atoms with Gasteiger partial charge in [-0.2, -0.15) is 13.2 Å². The number of aliphatic imine (C=N–C) groups is 1. The van der Waals surface area contributed by atoms with Crippen LogP contribution in [0.15, 0.2) is 23.3 Å². The molecule has 2 rings (SSSR count). The van der Waals surface area contributed by atoms with Crippen molar-refractivity contribution >= 4 is 5.96 Å². The van der Waals surface area contributed by atoms with E-state index in [1.807, 2.05) is 6.92 Å². The van der Waals surface area contributed by atoms with Gasteiger partial charge in [-0.05, 0) is 18.9 Å². The molecule has 1 fully saturated rings. The minimum atomic E-state index is -4.42. The third kappa shape index (κ3) is 9.17. The van der Waals surface area contributed by atoms with Crippen LogP contribution < -0.4 is 15.4 Å². The van der Waals surface area contributed by atoms with Crippen LogP contribution in [0.25, 0.3) is 0 Å². The molecular formula is C20H32F3N5O2. The Balaban J connectivity index is 1.93. The summed E-state index contributed by atoms with van der Waals surface area (Å²) in [7, 11) is 0. The lowest BCUT2D eigenvalue weighted by Gasteiger charge is -2.34. The van der Waals surface area contributed by atoms with E-state index in [4.69, 9.17) is 9.47 Å². The van der Waals surface area contributed by atoms with Crippen molar-refractivity contribution in [3.05, 3.63) is 23.9 Å². The van der Waals surface area contributed by atoms with Gasteiger partial charge < -0.3 is 20.1 Å². The molecule has 0 aromatic carbocycles. The predicted octanol–water partition coefficient (Wildman–Crippen LogP) is 2.43. The van der Waals surface area contributed by atoms with E-state index in [0.29, 0.717) is 37.1 Å². The van der Waals surface area contributed by atoms with Crippen molar-refractivity contribution in [3.8, 4) is 5.88 Å². The Kier molecular flexibility index (Phi) is 9.64. The van der Waals surface area contributed by atoms with Crippen LogP contribution >= 0.6 is 0 Å². The van der Waals surface area contributed by atoms with Crippen molar-refractivity contribution in [2.24, 2.45) is 10.9 Å². The molecule has 1 aliphatic rings. The summed E-state index contributed by atoms with van der Waals surface area (Å²) in [5, 5.41) is 6.40. The summed E-state index contributed by atoms with van der Waals surface area (Å²) in [5.74, 6) is 1.10. The smallest absolute Gasteiger partial charge is 0.422 e. The summed E-state index contributed by atoms with van der Waals surface area (Å²) in [6.45, 7) is 9.86. The normalized spacial score (nSPS) is 18.5. The lowest BCUT2D eigenvalue weighted by molar-refractivity contribution is -0.154. The van der Waals surface area contributed by atoms with Gasteiger partial charge in [0.05, 0.1) is 19.3 Å². The van der Waals surface area contributed by atoms with E-state index in [-0.39, 0.29) is 18.5 Å². The quantitative estimate of drug-likeness (QED) is 0.462. The Bertz CT molecular complexity index is 670. The molecule has 1 aliphatic heterocycles. The molecular weight excluding hydrogens is 399 g/mol. The Morgan fingerprint density at radius 3 is 2.90 bits per heavy atom. The molecule has 1 saturated heterocycles. The van der Waals surface area contributed by atoms with E-state index in [9.17, 15) is 13.2 Å². The van der Waals surface area contributed by atoms with Gasteiger partial charge in [0.2, 0.25) is 5.88 Å². The molecule has 0 radical (unpaired) electrons. The van der Waals surface area contributed by atoms with Gasteiger partial charge >= 0.3 is 6.18 Å². The van der Waals surface area contributed by atoms with Crippen molar-refractivity contribution in [2.45, 2.75) is 39.6 Å². The van der Waals surface area contributed by atoms with Gasteiger partial charge in [-0.25, -0.2) is 9.98 Å². The summed E-state index contributed by atoms with van der Waals surface area (Å²) in [6, 6.07) is 3.30. The zero-order chi connectivity index (χ0) is 22.0. The van der Waals surface area contributed by atoms with Crippen LogP contribution in [0.4, 0.5) is 13.2 Å². The van der Waals surface area contributed by atoms with Gasteiger partial charge in [-0.3, -0.25) is 4.90 Å². The van der Waals surface area contributed by atoms with E-state index >= 15 is 0 Å². The highest BCUT2D eigenvalue weighted by Gasteiger charge is 2.29. The van der Waals surface area contributed by atoms with Crippen LogP contribution in [-0.2, 0) is 11.3 Å². The van der Waals surface area contributed by atoms with Crippen molar-refractivity contribution in [3.63, 3.8) is 0 Å². The van der Waals surface area contributed by atoms with Gasteiger partial charge in [-0.1, -0.05) is 19.9 Å². The minimum Gasteiger partial charge on any atom is -0.468 e. The topological polar surface area (TPSA) is 71.0 Å². The third-order valence-corrected chi connectivity index (χ3v) is 4.32. The maximum atomic E-state index is 12.4. The van der Waals surface area contributed by atoms with Crippen LogP contribution in [0.1, 0.15) is 26.3 Å². The SMILES string of the molecule is CCNC(=NCc1cccnc1OCC(F)(F)F)NCC1CN(CC(C)C)CCO1. The van der Waals surface area contributed by atoms with E-state index in [2.05, 4.69) is 39.4 Å². The Morgan fingerprint density at radius 1 is 1.40 bits per heavy atom. The minimum absolute atomic E-state index is 0.0467. The molecule has 170 valence electrons. The molecule has 10 heteroatoms. The first kappa shape index (κ1) is 24.2. The predicted molar refractivity (Wildman–Crippen MR) is 110 cm³/mol. The second-order valence-corrected chi connectivity index (χ2v) is 7.59. The molecule has 2 heterocycles. The fourth-order valence-electron chi connectivity index (χ4n) is 3.13. The first-order valence-electron chi connectivity index (χ1n) is 10.3. The van der Waals surface area contributed by atoms with Crippen molar-refractivity contribution in [1.29, 1.82) is 0 Å². The molecule has 0 bridgehead atoms. The molecule has 2 N–H and O–H groups in total.